The molecular formula is C15H24. The van der Waals surface area contributed by atoms with Crippen LogP contribution >= 0.6 is 0 Å². The molecule has 0 aromatic heterocycles. The van der Waals surface area contributed by atoms with E-state index in [1.54, 1.807) is 5.57 Å². The highest BCUT2D eigenvalue weighted by Crippen LogP contribution is 2.70. The van der Waals surface area contributed by atoms with Gasteiger partial charge in [-0.15, -0.1) is 0 Å². The molecule has 4 bridgehead atoms. The normalized spacial score (nSPS) is 52.9. The molecule has 3 aliphatic rings. The molecule has 84 valence electrons. The van der Waals surface area contributed by atoms with Crippen LogP contribution in [0.2, 0.25) is 0 Å². The molecule has 0 heterocycles. The van der Waals surface area contributed by atoms with Gasteiger partial charge in [0.2, 0.25) is 0 Å². The molecule has 0 aromatic rings. The first kappa shape index (κ1) is 9.93. The summed E-state index contributed by atoms with van der Waals surface area (Å²) in [4.78, 5) is 0. The van der Waals surface area contributed by atoms with Crippen LogP contribution in [-0.2, 0) is 0 Å². The van der Waals surface area contributed by atoms with Crippen molar-refractivity contribution in [2.45, 2.75) is 46.5 Å². The molecular weight excluding hydrogens is 180 g/mol. The van der Waals surface area contributed by atoms with E-state index in [1.165, 1.54) is 25.7 Å². The summed E-state index contributed by atoms with van der Waals surface area (Å²) in [5.41, 5.74) is 2.30. The zero-order valence-electron chi connectivity index (χ0n) is 10.4. The Morgan fingerprint density at radius 2 is 2.00 bits per heavy atom. The molecule has 0 radical (unpaired) electrons. The van der Waals surface area contributed by atoms with Crippen LogP contribution in [0.5, 0.6) is 0 Å². The monoisotopic (exact) mass is 204 g/mol. The largest absolute Gasteiger partial charge is 0.0993 e. The van der Waals surface area contributed by atoms with Crippen molar-refractivity contribution in [2.24, 2.45) is 35.0 Å². The maximum absolute atomic E-state index is 4.46. The van der Waals surface area contributed by atoms with Crippen molar-refractivity contribution in [1.29, 1.82) is 0 Å². The minimum Gasteiger partial charge on any atom is -0.0993 e. The number of hydrogen-bond donors (Lipinski definition) is 0. The van der Waals surface area contributed by atoms with Crippen LogP contribution in [0.1, 0.15) is 46.5 Å². The van der Waals surface area contributed by atoms with Crippen molar-refractivity contribution >= 4 is 0 Å². The molecule has 0 saturated heterocycles. The second kappa shape index (κ2) is 2.90. The van der Waals surface area contributed by atoms with E-state index in [-0.39, 0.29) is 0 Å². The second-order valence-electron chi connectivity index (χ2n) is 6.79. The van der Waals surface area contributed by atoms with Gasteiger partial charge in [-0.2, -0.15) is 0 Å². The van der Waals surface area contributed by atoms with Crippen LogP contribution in [0.25, 0.3) is 0 Å². The fraction of sp³-hybridized carbons (Fsp3) is 0.867. The highest BCUT2D eigenvalue weighted by Gasteiger charge is 2.61. The van der Waals surface area contributed by atoms with Crippen molar-refractivity contribution in [3.05, 3.63) is 12.2 Å². The second-order valence-corrected chi connectivity index (χ2v) is 6.79. The van der Waals surface area contributed by atoms with Crippen molar-refractivity contribution in [3.63, 3.8) is 0 Å². The predicted octanol–water partition coefficient (Wildman–Crippen LogP) is 4.27. The highest BCUT2D eigenvalue weighted by atomic mass is 14.7. The molecule has 0 aliphatic heterocycles. The van der Waals surface area contributed by atoms with E-state index >= 15 is 0 Å². The Labute approximate surface area is 94.1 Å². The highest BCUT2D eigenvalue weighted by molar-refractivity contribution is 5.28. The molecule has 3 saturated carbocycles. The van der Waals surface area contributed by atoms with Gasteiger partial charge < -0.3 is 0 Å². The Morgan fingerprint density at radius 3 is 2.67 bits per heavy atom. The van der Waals surface area contributed by atoms with Gasteiger partial charge in [-0.25, -0.2) is 0 Å². The Kier molecular flexibility index (Phi) is 1.92. The standard InChI is InChI=1S/C15H24/c1-9(2)11-7-8-15(4)12-5-6-13(15)14(11)10(12)3/h9,11-14H,3,5-8H2,1-2,4H3/t11-,12-,13-,14-,15+/m1/s1. The van der Waals surface area contributed by atoms with E-state index in [0.717, 1.165) is 29.6 Å². The Hall–Kier alpha value is -0.260. The molecule has 0 heteroatoms. The van der Waals surface area contributed by atoms with Crippen molar-refractivity contribution in [1.82, 2.24) is 0 Å². The summed E-state index contributed by atoms with van der Waals surface area (Å²) in [6.07, 6.45) is 5.88. The third kappa shape index (κ3) is 1.04. The molecule has 0 amide bonds. The van der Waals surface area contributed by atoms with E-state index in [4.69, 9.17) is 0 Å². The molecule has 3 rings (SSSR count). The van der Waals surface area contributed by atoms with E-state index in [1.807, 2.05) is 0 Å². The van der Waals surface area contributed by atoms with Gasteiger partial charge in [-0.1, -0.05) is 32.9 Å². The predicted molar refractivity (Wildman–Crippen MR) is 64.5 cm³/mol. The minimum atomic E-state index is 0.660. The van der Waals surface area contributed by atoms with Crippen LogP contribution < -0.4 is 0 Å². The summed E-state index contributed by atoms with van der Waals surface area (Å²) in [7, 11) is 0. The molecule has 3 aliphatic carbocycles. The van der Waals surface area contributed by atoms with Crippen LogP contribution in [0.4, 0.5) is 0 Å². The van der Waals surface area contributed by atoms with Crippen molar-refractivity contribution in [2.75, 3.05) is 0 Å². The number of rotatable bonds is 1. The molecule has 0 unspecified atom stereocenters. The molecule has 0 nitrogen and oxygen atoms in total. The fourth-order valence-corrected chi connectivity index (χ4v) is 5.29. The Morgan fingerprint density at radius 1 is 1.27 bits per heavy atom. The fourth-order valence-electron chi connectivity index (χ4n) is 5.29. The van der Waals surface area contributed by atoms with Gasteiger partial charge in [0.1, 0.15) is 0 Å². The van der Waals surface area contributed by atoms with Crippen LogP contribution in [0, 0.1) is 35.0 Å². The van der Waals surface area contributed by atoms with E-state index in [2.05, 4.69) is 27.4 Å². The van der Waals surface area contributed by atoms with Gasteiger partial charge in [0.15, 0.2) is 0 Å². The summed E-state index contributed by atoms with van der Waals surface area (Å²) < 4.78 is 0. The average Bonchev–Trinajstić information content (AvgIpc) is 2.57. The van der Waals surface area contributed by atoms with Gasteiger partial charge >= 0.3 is 0 Å². The van der Waals surface area contributed by atoms with Gasteiger partial charge in [-0.05, 0) is 60.7 Å². The lowest BCUT2D eigenvalue weighted by atomic mass is 9.62. The summed E-state index contributed by atoms with van der Waals surface area (Å²) >= 11 is 0. The quantitative estimate of drug-likeness (QED) is 0.559. The van der Waals surface area contributed by atoms with E-state index < -0.39 is 0 Å². The lowest BCUT2D eigenvalue weighted by Crippen LogP contribution is -2.35. The zero-order valence-corrected chi connectivity index (χ0v) is 10.4. The smallest absolute Gasteiger partial charge is 0.0138 e. The minimum absolute atomic E-state index is 0.660. The average molecular weight is 204 g/mol. The van der Waals surface area contributed by atoms with Gasteiger partial charge in [0.05, 0.1) is 0 Å². The molecule has 5 atom stereocenters. The topological polar surface area (TPSA) is 0 Å². The summed E-state index contributed by atoms with van der Waals surface area (Å²) in [5, 5.41) is 0. The molecule has 0 spiro atoms. The summed E-state index contributed by atoms with van der Waals surface area (Å²) in [6, 6.07) is 0. The zero-order chi connectivity index (χ0) is 10.8. The molecule has 0 aromatic carbocycles. The SMILES string of the molecule is C=C1[C@@H]2[C@@H](C(C)C)CC[C@@]3(C)[C@@H]1CC[C@H]23. The van der Waals surface area contributed by atoms with Crippen LogP contribution in [0.15, 0.2) is 12.2 Å². The molecule has 3 fully saturated rings. The maximum atomic E-state index is 4.46. The van der Waals surface area contributed by atoms with Gasteiger partial charge in [0, 0.05) is 0 Å². The van der Waals surface area contributed by atoms with Gasteiger partial charge in [-0.3, -0.25) is 0 Å². The maximum Gasteiger partial charge on any atom is -0.0138 e. The van der Waals surface area contributed by atoms with Crippen molar-refractivity contribution < 1.29 is 0 Å². The van der Waals surface area contributed by atoms with Crippen LogP contribution in [-0.4, -0.2) is 0 Å². The Bertz CT molecular complexity index is 301. The lowest BCUT2D eigenvalue weighted by Gasteiger charge is -2.42. The lowest BCUT2D eigenvalue weighted by molar-refractivity contribution is 0.0739. The van der Waals surface area contributed by atoms with Crippen LogP contribution in [0.3, 0.4) is 0 Å². The van der Waals surface area contributed by atoms with E-state index in [9.17, 15) is 0 Å². The van der Waals surface area contributed by atoms with Gasteiger partial charge in [0.25, 0.3) is 0 Å². The summed E-state index contributed by atoms with van der Waals surface area (Å²) in [5.74, 6) is 4.58. The number of allylic oxidation sites excluding steroid dienone is 1. The third-order valence-corrected chi connectivity index (χ3v) is 6.05. The molecule has 0 N–H and O–H groups in total. The first-order chi connectivity index (χ1) is 7.05. The Balaban J connectivity index is 1.99. The third-order valence-electron chi connectivity index (χ3n) is 6.05. The first-order valence-electron chi connectivity index (χ1n) is 6.74. The first-order valence-corrected chi connectivity index (χ1v) is 6.74. The van der Waals surface area contributed by atoms with Crippen molar-refractivity contribution in [3.8, 4) is 0 Å². The number of hydrogen-bond acceptors (Lipinski definition) is 0. The summed E-state index contributed by atoms with van der Waals surface area (Å²) in [6.45, 7) is 11.8. The molecule has 15 heavy (non-hydrogen) atoms. The van der Waals surface area contributed by atoms with E-state index in [0.29, 0.717) is 5.41 Å².